The van der Waals surface area contributed by atoms with Gasteiger partial charge < -0.3 is 4.57 Å². The Morgan fingerprint density at radius 1 is 1.21 bits per heavy atom. The van der Waals surface area contributed by atoms with E-state index in [1.54, 1.807) is 7.05 Å². The van der Waals surface area contributed by atoms with E-state index in [9.17, 15) is 8.42 Å². The van der Waals surface area contributed by atoms with Crippen molar-refractivity contribution in [3.63, 3.8) is 0 Å². The quantitative estimate of drug-likeness (QED) is 0.861. The van der Waals surface area contributed by atoms with Gasteiger partial charge in [0.1, 0.15) is 16.5 Å². The molecule has 0 bridgehead atoms. The summed E-state index contributed by atoms with van der Waals surface area (Å²) in [5.41, 5.74) is 0. The maximum atomic E-state index is 12.1. The smallest absolute Gasteiger partial charge is 0.283 e. The lowest BCUT2D eigenvalue weighted by molar-refractivity contribution is 0.598. The van der Waals surface area contributed by atoms with Crippen molar-refractivity contribution >= 4 is 50.6 Å². The number of nitrogens with one attached hydrogen (secondary N) is 1. The number of rotatable bonds is 3. The molecule has 11 heteroatoms. The zero-order valence-corrected chi connectivity index (χ0v) is 12.4. The average Bonchev–Trinajstić information content (AvgIpc) is 2.66. The first-order valence-electron chi connectivity index (χ1n) is 4.68. The summed E-state index contributed by atoms with van der Waals surface area (Å²) in [6, 6.07) is 0. The number of nitrogens with zero attached hydrogens (tertiary/aromatic N) is 4. The number of hydrogen-bond acceptors (Lipinski definition) is 5. The van der Waals surface area contributed by atoms with Crippen LogP contribution in [0.3, 0.4) is 0 Å². The molecule has 102 valence electrons. The molecule has 19 heavy (non-hydrogen) atoms. The number of imidazole rings is 1. The fourth-order valence-electron chi connectivity index (χ4n) is 1.17. The summed E-state index contributed by atoms with van der Waals surface area (Å²) in [5, 5.41) is -0.549. The normalized spacial score (nSPS) is 11.6. The van der Waals surface area contributed by atoms with Crippen LogP contribution in [0.15, 0.2) is 17.7 Å². The number of aryl methyl sites for hydroxylation is 1. The van der Waals surface area contributed by atoms with Gasteiger partial charge in [-0.05, 0) is 0 Å². The third-order valence-corrected chi connectivity index (χ3v) is 4.64. The maximum absolute atomic E-state index is 12.1. The van der Waals surface area contributed by atoms with E-state index in [4.69, 9.17) is 34.8 Å². The molecule has 0 saturated carbocycles. The van der Waals surface area contributed by atoms with E-state index in [1.165, 1.54) is 10.9 Å². The van der Waals surface area contributed by atoms with Crippen molar-refractivity contribution < 1.29 is 8.42 Å². The Balaban J connectivity index is 2.42. The van der Waals surface area contributed by atoms with E-state index in [2.05, 4.69) is 19.7 Å². The predicted octanol–water partition coefficient (Wildman–Crippen LogP) is 1.97. The van der Waals surface area contributed by atoms with Crippen LogP contribution in [-0.2, 0) is 17.1 Å². The highest BCUT2D eigenvalue weighted by Gasteiger charge is 2.24. The fourth-order valence-corrected chi connectivity index (χ4v) is 2.96. The van der Waals surface area contributed by atoms with Crippen molar-refractivity contribution in [2.24, 2.45) is 7.05 Å². The largest absolute Gasteiger partial charge is 0.324 e. The number of halogens is 3. The number of anilines is 1. The lowest BCUT2D eigenvalue weighted by atomic mass is 10.6. The topological polar surface area (TPSA) is 89.8 Å². The Morgan fingerprint density at radius 2 is 1.89 bits per heavy atom. The Morgan fingerprint density at radius 3 is 2.47 bits per heavy atom. The summed E-state index contributed by atoms with van der Waals surface area (Å²) in [4.78, 5) is 11.0. The van der Waals surface area contributed by atoms with Crippen molar-refractivity contribution in [2.75, 3.05) is 4.72 Å². The second-order valence-electron chi connectivity index (χ2n) is 3.38. The first-order valence-corrected chi connectivity index (χ1v) is 7.30. The number of sulfonamides is 1. The van der Waals surface area contributed by atoms with Crippen molar-refractivity contribution in [3.8, 4) is 0 Å². The second kappa shape index (κ2) is 5.12. The Kier molecular flexibility index (Phi) is 3.86. The van der Waals surface area contributed by atoms with E-state index in [0.29, 0.717) is 0 Å². The molecule has 7 nitrogen and oxygen atoms in total. The van der Waals surface area contributed by atoms with Crippen molar-refractivity contribution in [2.45, 2.75) is 5.03 Å². The molecule has 0 spiro atoms. The fraction of sp³-hybridized carbons (Fsp3) is 0.125. The highest BCUT2D eigenvalue weighted by Crippen LogP contribution is 2.28. The van der Waals surface area contributed by atoms with Crippen LogP contribution < -0.4 is 4.72 Å². The lowest BCUT2D eigenvalue weighted by Crippen LogP contribution is -2.15. The molecule has 0 unspecified atom stereocenters. The van der Waals surface area contributed by atoms with Crippen LogP contribution in [0.2, 0.25) is 15.3 Å². The van der Waals surface area contributed by atoms with Crippen molar-refractivity contribution in [1.82, 2.24) is 19.5 Å². The summed E-state index contributed by atoms with van der Waals surface area (Å²) in [5.74, 6) is -0.150. The molecule has 0 aromatic carbocycles. The molecular weight excluding hydrogens is 337 g/mol. The van der Waals surface area contributed by atoms with Crippen LogP contribution in [0.4, 0.5) is 5.82 Å². The first kappa shape index (κ1) is 14.3. The molecule has 0 aliphatic rings. The van der Waals surface area contributed by atoms with Crippen LogP contribution >= 0.6 is 34.8 Å². The molecule has 2 rings (SSSR count). The molecule has 0 aliphatic carbocycles. The van der Waals surface area contributed by atoms with Gasteiger partial charge in [-0.1, -0.05) is 34.8 Å². The van der Waals surface area contributed by atoms with Gasteiger partial charge in [0.2, 0.25) is 5.03 Å². The van der Waals surface area contributed by atoms with Gasteiger partial charge in [0.05, 0.1) is 6.33 Å². The second-order valence-corrected chi connectivity index (χ2v) is 6.08. The van der Waals surface area contributed by atoms with E-state index >= 15 is 0 Å². The van der Waals surface area contributed by atoms with Crippen LogP contribution in [0.1, 0.15) is 0 Å². The standard InChI is InChI=1S/C8H6Cl3N5O2S/c1-16-3-14-8(6(16)11)19(17,18)15-7-4(9)5(10)12-2-13-7/h2-3H,1H3,(H,12,13,15). The molecule has 0 atom stereocenters. The molecular formula is C8H6Cl3N5O2S. The van der Waals surface area contributed by atoms with Gasteiger partial charge >= 0.3 is 0 Å². The summed E-state index contributed by atoms with van der Waals surface area (Å²) in [7, 11) is -2.45. The minimum atomic E-state index is -4.01. The monoisotopic (exact) mass is 341 g/mol. The molecule has 0 fully saturated rings. The van der Waals surface area contributed by atoms with Gasteiger partial charge in [0, 0.05) is 7.05 Å². The first-order chi connectivity index (χ1) is 8.83. The molecule has 1 N–H and O–H groups in total. The summed E-state index contributed by atoms with van der Waals surface area (Å²) in [6.45, 7) is 0. The minimum absolute atomic E-state index is 0.0382. The van der Waals surface area contributed by atoms with Crippen molar-refractivity contribution in [1.29, 1.82) is 0 Å². The number of aromatic nitrogens is 4. The predicted molar refractivity (Wildman–Crippen MR) is 71.1 cm³/mol. The average molecular weight is 343 g/mol. The van der Waals surface area contributed by atoms with Gasteiger partial charge in [-0.2, -0.15) is 8.42 Å². The Labute approximate surface area is 123 Å². The molecule has 0 radical (unpaired) electrons. The third kappa shape index (κ3) is 2.76. The van der Waals surface area contributed by atoms with Gasteiger partial charge in [-0.25, -0.2) is 15.0 Å². The summed E-state index contributed by atoms with van der Waals surface area (Å²) in [6.07, 6.45) is 2.34. The van der Waals surface area contributed by atoms with E-state index in [0.717, 1.165) is 6.33 Å². The zero-order valence-electron chi connectivity index (χ0n) is 9.30. The molecule has 2 aromatic heterocycles. The minimum Gasteiger partial charge on any atom is -0.324 e. The summed E-state index contributed by atoms with van der Waals surface area (Å²) >= 11 is 17.3. The molecule has 2 heterocycles. The third-order valence-electron chi connectivity index (χ3n) is 2.07. The van der Waals surface area contributed by atoms with Crippen molar-refractivity contribution in [3.05, 3.63) is 28.0 Å². The van der Waals surface area contributed by atoms with Crippen LogP contribution in [0.25, 0.3) is 0 Å². The lowest BCUT2D eigenvalue weighted by Gasteiger charge is -2.07. The Hall–Kier alpha value is -1.09. The number of hydrogen-bond donors (Lipinski definition) is 1. The molecule has 0 saturated heterocycles. The van der Waals surface area contributed by atoms with Crippen LogP contribution in [-0.4, -0.2) is 27.9 Å². The SMILES string of the molecule is Cn1cnc(S(=O)(=O)Nc2ncnc(Cl)c2Cl)c1Cl. The van der Waals surface area contributed by atoms with Gasteiger partial charge in [-0.15, -0.1) is 0 Å². The van der Waals surface area contributed by atoms with E-state index in [1.807, 2.05) is 0 Å². The maximum Gasteiger partial charge on any atom is 0.283 e. The van der Waals surface area contributed by atoms with Gasteiger partial charge in [0.25, 0.3) is 10.0 Å². The van der Waals surface area contributed by atoms with Crippen LogP contribution in [0, 0.1) is 0 Å². The molecule has 2 aromatic rings. The molecule has 0 aliphatic heterocycles. The highest BCUT2D eigenvalue weighted by molar-refractivity contribution is 7.92. The van der Waals surface area contributed by atoms with E-state index in [-0.39, 0.29) is 26.2 Å². The highest BCUT2D eigenvalue weighted by atomic mass is 35.5. The molecule has 0 amide bonds. The zero-order chi connectivity index (χ0) is 14.2. The van der Waals surface area contributed by atoms with Crippen LogP contribution in [0.5, 0.6) is 0 Å². The van der Waals surface area contributed by atoms with Gasteiger partial charge in [0.15, 0.2) is 11.0 Å². The van der Waals surface area contributed by atoms with E-state index < -0.39 is 10.0 Å². The summed E-state index contributed by atoms with van der Waals surface area (Å²) < 4.78 is 27.6. The van der Waals surface area contributed by atoms with Gasteiger partial charge in [-0.3, -0.25) is 4.72 Å². The Bertz CT molecular complexity index is 730.